The number of terminal acetylenes is 1. The number of aromatic nitrogens is 3. The Bertz CT molecular complexity index is 1070. The molecule has 1 aromatic carbocycles. The molecule has 1 fully saturated rings. The first-order chi connectivity index (χ1) is 13.6. The summed E-state index contributed by atoms with van der Waals surface area (Å²) in [6.45, 7) is 3.52. The van der Waals surface area contributed by atoms with Crippen LogP contribution >= 0.6 is 0 Å². The predicted octanol–water partition coefficient (Wildman–Crippen LogP) is 3.17. The van der Waals surface area contributed by atoms with Crippen LogP contribution in [0.15, 0.2) is 42.7 Å². The number of hydrogen-bond acceptors (Lipinski definition) is 4. The lowest BCUT2D eigenvalue weighted by molar-refractivity contribution is 0.0792. The van der Waals surface area contributed by atoms with Gasteiger partial charge in [-0.25, -0.2) is 4.98 Å². The van der Waals surface area contributed by atoms with E-state index in [1.54, 1.807) is 18.3 Å². The van der Waals surface area contributed by atoms with Gasteiger partial charge in [-0.1, -0.05) is 12.0 Å². The number of hydrogen-bond donors (Lipinski definition) is 1. The molecule has 3 heterocycles. The van der Waals surface area contributed by atoms with Crippen molar-refractivity contribution in [2.75, 3.05) is 13.1 Å². The molecule has 4 rings (SSSR count). The summed E-state index contributed by atoms with van der Waals surface area (Å²) in [4.78, 5) is 18.6. The smallest absolute Gasteiger partial charge is 0.255 e. The average Bonchev–Trinajstić information content (AvgIpc) is 3.38. The van der Waals surface area contributed by atoms with E-state index in [-0.39, 0.29) is 11.8 Å². The largest absolute Gasteiger partial charge is 0.493 e. The van der Waals surface area contributed by atoms with Crippen molar-refractivity contribution in [1.29, 1.82) is 0 Å². The van der Waals surface area contributed by atoms with Gasteiger partial charge < -0.3 is 10.0 Å². The molecule has 1 saturated heterocycles. The molecule has 3 aromatic rings. The highest BCUT2D eigenvalue weighted by molar-refractivity contribution is 5.94. The van der Waals surface area contributed by atoms with Gasteiger partial charge in [-0.05, 0) is 55.2 Å². The summed E-state index contributed by atoms with van der Waals surface area (Å²) in [5.41, 5.74) is 3.72. The minimum Gasteiger partial charge on any atom is -0.493 e. The molecule has 1 amide bonds. The summed E-state index contributed by atoms with van der Waals surface area (Å²) in [6, 6.07) is 9.00. The first kappa shape index (κ1) is 17.8. The molecule has 1 aliphatic rings. The SMILES string of the molecule is C#Cc1ccc(-c2cnn(-c3ccc(C(=O)N4CCCC4)cn3)c2O)c(C)c1. The molecule has 0 unspecified atom stereocenters. The Morgan fingerprint density at radius 1 is 1.14 bits per heavy atom. The topological polar surface area (TPSA) is 71.2 Å². The van der Waals surface area contributed by atoms with E-state index in [9.17, 15) is 9.90 Å². The molecular weight excluding hydrogens is 352 g/mol. The third kappa shape index (κ3) is 3.12. The number of amides is 1. The second kappa shape index (κ2) is 7.20. The molecule has 0 bridgehead atoms. The Morgan fingerprint density at radius 2 is 1.93 bits per heavy atom. The molecule has 6 nitrogen and oxygen atoms in total. The fourth-order valence-corrected chi connectivity index (χ4v) is 3.50. The molecule has 0 radical (unpaired) electrons. The number of carbonyl (C=O) groups is 1. The number of nitrogens with zero attached hydrogens (tertiary/aromatic N) is 4. The van der Waals surface area contributed by atoms with E-state index >= 15 is 0 Å². The van der Waals surface area contributed by atoms with Crippen molar-refractivity contribution < 1.29 is 9.90 Å². The number of likely N-dealkylation sites (tertiary alicyclic amines) is 1. The van der Waals surface area contributed by atoms with E-state index < -0.39 is 0 Å². The Morgan fingerprint density at radius 3 is 2.57 bits per heavy atom. The number of pyridine rings is 1. The Balaban J connectivity index is 1.62. The highest BCUT2D eigenvalue weighted by Crippen LogP contribution is 2.33. The van der Waals surface area contributed by atoms with Crippen LogP contribution < -0.4 is 0 Å². The van der Waals surface area contributed by atoms with Gasteiger partial charge in [0.25, 0.3) is 5.91 Å². The monoisotopic (exact) mass is 372 g/mol. The zero-order chi connectivity index (χ0) is 19.7. The van der Waals surface area contributed by atoms with Crippen LogP contribution in [0.3, 0.4) is 0 Å². The summed E-state index contributed by atoms with van der Waals surface area (Å²) < 4.78 is 1.36. The van der Waals surface area contributed by atoms with E-state index in [2.05, 4.69) is 16.0 Å². The Kier molecular flexibility index (Phi) is 4.58. The van der Waals surface area contributed by atoms with Crippen molar-refractivity contribution in [3.63, 3.8) is 0 Å². The lowest BCUT2D eigenvalue weighted by Gasteiger charge is -2.15. The standard InChI is InChI=1S/C22H20N4O2/c1-3-16-6-8-18(15(2)12-16)19-14-24-26(22(19)28)20-9-7-17(13-23-20)21(27)25-10-4-5-11-25/h1,6-9,12-14,28H,4-5,10-11H2,2H3. The highest BCUT2D eigenvalue weighted by Gasteiger charge is 2.20. The van der Waals surface area contributed by atoms with Gasteiger partial charge in [0, 0.05) is 24.8 Å². The number of aromatic hydroxyl groups is 1. The molecule has 140 valence electrons. The van der Waals surface area contributed by atoms with Crippen LogP contribution in [0, 0.1) is 19.3 Å². The van der Waals surface area contributed by atoms with Gasteiger partial charge in [0.1, 0.15) is 0 Å². The van der Waals surface area contributed by atoms with Crippen LogP contribution in [-0.4, -0.2) is 43.8 Å². The molecule has 0 atom stereocenters. The van der Waals surface area contributed by atoms with E-state index in [0.717, 1.165) is 42.6 Å². The third-order valence-electron chi connectivity index (χ3n) is 5.03. The lowest BCUT2D eigenvalue weighted by Crippen LogP contribution is -2.27. The summed E-state index contributed by atoms with van der Waals surface area (Å²) in [6.07, 6.45) is 10.7. The maximum Gasteiger partial charge on any atom is 0.255 e. The van der Waals surface area contributed by atoms with Crippen LogP contribution in [0.4, 0.5) is 0 Å². The fraction of sp³-hybridized carbons (Fsp3) is 0.227. The highest BCUT2D eigenvalue weighted by atomic mass is 16.3. The van der Waals surface area contributed by atoms with Crippen molar-refractivity contribution >= 4 is 5.91 Å². The second-order valence-electron chi connectivity index (χ2n) is 6.87. The first-order valence-electron chi connectivity index (χ1n) is 9.19. The number of rotatable bonds is 3. The maximum atomic E-state index is 12.4. The van der Waals surface area contributed by atoms with Gasteiger partial charge in [0.15, 0.2) is 5.82 Å². The molecular formula is C22H20N4O2. The van der Waals surface area contributed by atoms with Crippen molar-refractivity contribution in [1.82, 2.24) is 19.7 Å². The van der Waals surface area contributed by atoms with Crippen molar-refractivity contribution in [3.05, 3.63) is 59.4 Å². The van der Waals surface area contributed by atoms with Gasteiger partial charge in [-0.3, -0.25) is 4.79 Å². The van der Waals surface area contributed by atoms with E-state index in [1.165, 1.54) is 10.9 Å². The quantitative estimate of drug-likeness (QED) is 0.717. The second-order valence-corrected chi connectivity index (χ2v) is 6.87. The zero-order valence-electron chi connectivity index (χ0n) is 15.6. The van der Waals surface area contributed by atoms with Crippen LogP contribution in [0.2, 0.25) is 0 Å². The molecule has 0 spiro atoms. The van der Waals surface area contributed by atoms with E-state index in [4.69, 9.17) is 6.42 Å². The maximum absolute atomic E-state index is 12.4. The van der Waals surface area contributed by atoms with Crippen LogP contribution in [0.5, 0.6) is 5.88 Å². The fourth-order valence-electron chi connectivity index (χ4n) is 3.50. The summed E-state index contributed by atoms with van der Waals surface area (Å²) in [5, 5.41) is 14.9. The van der Waals surface area contributed by atoms with Gasteiger partial charge in [0.05, 0.1) is 17.3 Å². The predicted molar refractivity (Wildman–Crippen MR) is 106 cm³/mol. The van der Waals surface area contributed by atoms with Gasteiger partial charge in [0.2, 0.25) is 5.88 Å². The molecule has 1 aliphatic heterocycles. The number of benzene rings is 1. The molecule has 0 aliphatic carbocycles. The molecule has 6 heteroatoms. The minimum atomic E-state index is -0.0114. The van der Waals surface area contributed by atoms with Crippen LogP contribution in [0.1, 0.15) is 34.3 Å². The van der Waals surface area contributed by atoms with Gasteiger partial charge >= 0.3 is 0 Å². The normalized spacial score (nSPS) is 13.5. The Hall–Kier alpha value is -3.59. The van der Waals surface area contributed by atoms with Crippen LogP contribution in [-0.2, 0) is 0 Å². The van der Waals surface area contributed by atoms with Gasteiger partial charge in [-0.2, -0.15) is 9.78 Å². The summed E-state index contributed by atoms with van der Waals surface area (Å²) in [7, 11) is 0. The number of carbonyl (C=O) groups excluding carboxylic acids is 1. The van der Waals surface area contributed by atoms with Crippen LogP contribution in [0.25, 0.3) is 16.9 Å². The van der Waals surface area contributed by atoms with Crippen molar-refractivity contribution in [3.8, 4) is 35.2 Å². The van der Waals surface area contributed by atoms with Crippen molar-refractivity contribution in [2.45, 2.75) is 19.8 Å². The first-order valence-corrected chi connectivity index (χ1v) is 9.19. The summed E-state index contributed by atoms with van der Waals surface area (Å²) in [5.74, 6) is 3.03. The van der Waals surface area contributed by atoms with Crippen molar-refractivity contribution in [2.24, 2.45) is 0 Å². The molecule has 28 heavy (non-hydrogen) atoms. The molecule has 0 saturated carbocycles. The minimum absolute atomic E-state index is 0.00819. The van der Waals surface area contributed by atoms with E-state index in [0.29, 0.717) is 16.9 Å². The molecule has 1 N–H and O–H groups in total. The number of aryl methyl sites for hydroxylation is 1. The average molecular weight is 372 g/mol. The lowest BCUT2D eigenvalue weighted by atomic mass is 10.0. The third-order valence-corrected chi connectivity index (χ3v) is 5.03. The molecule has 2 aromatic heterocycles. The van der Waals surface area contributed by atoms with Gasteiger partial charge in [-0.15, -0.1) is 6.42 Å². The Labute approximate surface area is 163 Å². The van der Waals surface area contributed by atoms with E-state index in [1.807, 2.05) is 30.0 Å². The summed E-state index contributed by atoms with van der Waals surface area (Å²) >= 11 is 0. The zero-order valence-corrected chi connectivity index (χ0v) is 15.6.